The maximum absolute atomic E-state index is 12.3. The van der Waals surface area contributed by atoms with Gasteiger partial charge in [0.25, 0.3) is 20.2 Å². The second-order valence-corrected chi connectivity index (χ2v) is 13.7. The first-order chi connectivity index (χ1) is 23.2. The van der Waals surface area contributed by atoms with E-state index in [0.29, 0.717) is 29.6 Å². The van der Waals surface area contributed by atoms with Crippen LogP contribution in [0, 0.1) is 6.92 Å². The predicted octanol–water partition coefficient (Wildman–Crippen LogP) is 6.08. The Morgan fingerprint density at radius 2 is 1.49 bits per heavy atom. The number of aromatic hydroxyl groups is 1. The van der Waals surface area contributed by atoms with Crippen LogP contribution in [0.5, 0.6) is 5.75 Å². The molecular weight excluding hydrogens is 739 g/mol. The van der Waals surface area contributed by atoms with Gasteiger partial charge in [0.15, 0.2) is 5.75 Å². The average Bonchev–Trinajstić information content (AvgIpc) is 3.03. The largest absolute Gasteiger partial charge is 0.505 e. The van der Waals surface area contributed by atoms with Crippen LogP contribution in [0.1, 0.15) is 11.1 Å². The van der Waals surface area contributed by atoms with Crippen molar-refractivity contribution in [2.24, 2.45) is 20.5 Å². The lowest BCUT2D eigenvalue weighted by atomic mass is 10.1. The van der Waals surface area contributed by atoms with Crippen LogP contribution in [0.3, 0.4) is 0 Å². The number of hydrogen-bond donors (Lipinski definition) is 7. The number of anilines is 1. The van der Waals surface area contributed by atoms with E-state index in [2.05, 4.69) is 39.2 Å². The zero-order valence-electron chi connectivity index (χ0n) is 24.4. The Morgan fingerprint density at radius 1 is 0.816 bits per heavy atom. The molecule has 0 amide bonds. The van der Waals surface area contributed by atoms with Gasteiger partial charge in [0.2, 0.25) is 0 Å². The lowest BCUT2D eigenvalue weighted by molar-refractivity contribution is -0.432. The van der Waals surface area contributed by atoms with E-state index in [4.69, 9.17) is 21.0 Å². The molecule has 0 atom stereocenters. The zero-order chi connectivity index (χ0) is 35.9. The summed E-state index contributed by atoms with van der Waals surface area (Å²) in [5.41, 5.74) is 5.97. The number of benzene rings is 4. The molecule has 0 aromatic heterocycles. The molecule has 49 heavy (non-hydrogen) atoms. The summed E-state index contributed by atoms with van der Waals surface area (Å²) < 4.78 is 81.2. The minimum atomic E-state index is -5.02. The summed E-state index contributed by atoms with van der Waals surface area (Å²) in [5.74, 6) is -0.756. The topological polar surface area (TPSA) is 311 Å². The van der Waals surface area contributed by atoms with Crippen molar-refractivity contribution in [2.75, 3.05) is 12.5 Å². The number of fused-ring (bicyclic) bond motifs is 1. The standard InChI is InChI=1S/C25H23N5O15S4/c1-12-4-19(28-30-24-22(49(38,39)40)7-13-5-15(46-44-42-33)8-17(26)23(13)25(24)32)14(10-41-11-31)6-18(12)27-29-20-9-16(48(35,36)37)2-3-21(20)47-45-43-34/h2-9,31-34H,10-11,26H2,1H3,(H,35,36,37)(H,38,39,40). The van der Waals surface area contributed by atoms with Gasteiger partial charge in [0.1, 0.15) is 23.1 Å². The van der Waals surface area contributed by atoms with Gasteiger partial charge >= 0.3 is 0 Å². The Hall–Kier alpha value is -3.86. The van der Waals surface area contributed by atoms with Gasteiger partial charge in [-0.3, -0.25) is 9.11 Å². The Bertz CT molecular complexity index is 2150. The molecule has 0 aliphatic heterocycles. The summed E-state index contributed by atoms with van der Waals surface area (Å²) in [6.07, 6.45) is 0. The fourth-order valence-electron chi connectivity index (χ4n) is 4.15. The molecule has 0 heterocycles. The fourth-order valence-corrected chi connectivity index (χ4v) is 6.18. The van der Waals surface area contributed by atoms with Gasteiger partial charge in [-0.2, -0.15) is 21.9 Å². The summed E-state index contributed by atoms with van der Waals surface area (Å²) in [4.78, 5) is -1.02. The van der Waals surface area contributed by atoms with E-state index < -0.39 is 48.3 Å². The van der Waals surface area contributed by atoms with Crippen molar-refractivity contribution < 1.29 is 70.1 Å². The summed E-state index contributed by atoms with van der Waals surface area (Å²) in [7, 11) is -9.65. The lowest BCUT2D eigenvalue weighted by Crippen LogP contribution is -2.00. The van der Waals surface area contributed by atoms with E-state index >= 15 is 0 Å². The van der Waals surface area contributed by atoms with E-state index in [-0.39, 0.29) is 55.5 Å². The number of phenolic OH excluding ortho intramolecular Hbond substituents is 1. The van der Waals surface area contributed by atoms with Gasteiger partial charge in [-0.05, 0) is 66.4 Å². The van der Waals surface area contributed by atoms with Gasteiger partial charge < -0.3 is 20.7 Å². The second-order valence-electron chi connectivity index (χ2n) is 9.36. The first-order valence-corrected chi connectivity index (χ1v) is 17.2. The van der Waals surface area contributed by atoms with Crippen LogP contribution in [0.4, 0.5) is 28.4 Å². The Morgan fingerprint density at radius 3 is 2.14 bits per heavy atom. The monoisotopic (exact) mass is 761 g/mol. The molecule has 0 aliphatic rings. The number of nitrogen functional groups attached to an aromatic ring is 1. The number of aliphatic hydroxyl groups excluding tert-OH is 1. The number of rotatable bonds is 15. The van der Waals surface area contributed by atoms with Crippen LogP contribution in [0.2, 0.25) is 0 Å². The van der Waals surface area contributed by atoms with E-state index in [1.54, 1.807) is 6.92 Å². The molecule has 0 unspecified atom stereocenters. The number of phenols is 1. The number of nitrogens with two attached hydrogens (primary N) is 1. The first kappa shape index (κ1) is 38.0. The number of ether oxygens (including phenoxy) is 1. The maximum Gasteiger partial charge on any atom is 0.296 e. The van der Waals surface area contributed by atoms with Crippen LogP contribution in [-0.4, -0.2) is 53.5 Å². The van der Waals surface area contributed by atoms with Gasteiger partial charge in [-0.25, -0.2) is 10.5 Å². The highest BCUT2D eigenvalue weighted by atomic mass is 32.2. The number of aryl methyl sites for hydroxylation is 1. The minimum Gasteiger partial charge on any atom is -0.505 e. The van der Waals surface area contributed by atoms with E-state index in [0.717, 1.165) is 18.2 Å². The SMILES string of the molecule is Cc1cc(N=Nc2c(S(=O)(=O)O)cc3cc(SOOO)cc(N)c3c2O)c(COCO)cc1N=Nc1cc(S(=O)(=O)O)ccc1SOOO. The van der Waals surface area contributed by atoms with Crippen LogP contribution >= 0.6 is 24.1 Å². The second kappa shape index (κ2) is 16.2. The molecule has 0 bridgehead atoms. The zero-order valence-corrected chi connectivity index (χ0v) is 27.7. The van der Waals surface area contributed by atoms with E-state index in [1.807, 2.05) is 0 Å². The fraction of sp³-hybridized carbons (Fsp3) is 0.120. The Labute approximate surface area is 284 Å². The van der Waals surface area contributed by atoms with Gasteiger partial charge in [0, 0.05) is 21.5 Å². The maximum atomic E-state index is 12.3. The smallest absolute Gasteiger partial charge is 0.296 e. The van der Waals surface area contributed by atoms with Crippen molar-refractivity contribution in [3.8, 4) is 5.75 Å². The average molecular weight is 762 g/mol. The molecular formula is C25H23N5O15S4. The normalized spacial score (nSPS) is 12.5. The summed E-state index contributed by atoms with van der Waals surface area (Å²) in [6, 6.07) is 9.64. The third-order valence-corrected chi connectivity index (χ3v) is 9.17. The Kier molecular flexibility index (Phi) is 12.6. The van der Waals surface area contributed by atoms with Crippen molar-refractivity contribution in [1.29, 1.82) is 0 Å². The highest BCUT2D eigenvalue weighted by Crippen LogP contribution is 2.45. The van der Waals surface area contributed by atoms with Crippen molar-refractivity contribution in [1.82, 2.24) is 0 Å². The van der Waals surface area contributed by atoms with Crippen LogP contribution < -0.4 is 5.73 Å². The highest BCUT2D eigenvalue weighted by Gasteiger charge is 2.24. The number of nitrogens with zero attached hydrogens (tertiary/aromatic N) is 4. The molecule has 8 N–H and O–H groups in total. The molecule has 0 saturated heterocycles. The summed E-state index contributed by atoms with van der Waals surface area (Å²) in [6.45, 7) is 0.553. The van der Waals surface area contributed by atoms with Crippen molar-refractivity contribution in [2.45, 2.75) is 33.1 Å². The van der Waals surface area contributed by atoms with Crippen molar-refractivity contribution in [3.05, 3.63) is 59.7 Å². The van der Waals surface area contributed by atoms with Gasteiger partial charge in [-0.1, -0.05) is 10.1 Å². The number of azo groups is 2. The minimum absolute atomic E-state index is 0.0321. The molecule has 4 aromatic carbocycles. The van der Waals surface area contributed by atoms with Crippen LogP contribution in [0.15, 0.2) is 88.6 Å². The lowest BCUT2D eigenvalue weighted by Gasteiger charge is -2.12. The number of aliphatic hydroxyl groups is 1. The van der Waals surface area contributed by atoms with Crippen molar-refractivity contribution in [3.63, 3.8) is 0 Å². The van der Waals surface area contributed by atoms with Crippen molar-refractivity contribution >= 4 is 83.5 Å². The molecule has 20 nitrogen and oxygen atoms in total. The first-order valence-electron chi connectivity index (χ1n) is 12.8. The predicted molar refractivity (Wildman–Crippen MR) is 169 cm³/mol. The van der Waals surface area contributed by atoms with Crippen LogP contribution in [-0.2, 0) is 50.3 Å². The van der Waals surface area contributed by atoms with Crippen LogP contribution in [0.25, 0.3) is 10.8 Å². The number of hydrogen-bond acceptors (Lipinski definition) is 20. The molecule has 0 radical (unpaired) electrons. The molecule has 4 rings (SSSR count). The third kappa shape index (κ3) is 9.44. The molecule has 0 spiro atoms. The molecule has 4 aromatic rings. The molecule has 0 saturated carbocycles. The Balaban J connectivity index is 1.81. The molecule has 0 aliphatic carbocycles. The van der Waals surface area contributed by atoms with Gasteiger partial charge in [-0.15, -0.1) is 24.0 Å². The highest BCUT2D eigenvalue weighted by molar-refractivity contribution is 7.95. The molecule has 24 heteroatoms. The third-order valence-electron chi connectivity index (χ3n) is 6.24. The van der Waals surface area contributed by atoms with E-state index in [1.165, 1.54) is 30.3 Å². The van der Waals surface area contributed by atoms with Gasteiger partial charge in [0.05, 0.1) is 51.9 Å². The molecule has 0 fully saturated rings. The summed E-state index contributed by atoms with van der Waals surface area (Å²) in [5, 5.41) is 60.4. The molecule has 262 valence electrons. The van der Waals surface area contributed by atoms with E-state index in [9.17, 15) is 36.2 Å². The summed E-state index contributed by atoms with van der Waals surface area (Å²) >= 11 is 0.960. The quantitative estimate of drug-likeness (QED) is 0.0137.